The second-order valence-corrected chi connectivity index (χ2v) is 6.57. The van der Waals surface area contributed by atoms with E-state index in [1.807, 2.05) is 18.2 Å². The standard InChI is InChI=1S/C20H25N5O3/c1-2-28-20(27)25-9-6-16(7-10-25)24-18-11-15(12-21-13-18)19(26)23-14-17-5-3-4-8-22-17/h3-5,8,11-13,16,24H,2,6-7,9-10,14H2,1H3,(H,23,26). The van der Waals surface area contributed by atoms with Gasteiger partial charge in [-0.2, -0.15) is 0 Å². The Kier molecular flexibility index (Phi) is 6.78. The van der Waals surface area contributed by atoms with Gasteiger partial charge >= 0.3 is 6.09 Å². The van der Waals surface area contributed by atoms with Crippen molar-refractivity contribution in [3.63, 3.8) is 0 Å². The summed E-state index contributed by atoms with van der Waals surface area (Å²) in [5, 5.41) is 6.26. The van der Waals surface area contributed by atoms with Crippen LogP contribution in [0.15, 0.2) is 42.9 Å². The largest absolute Gasteiger partial charge is 0.450 e. The SMILES string of the molecule is CCOC(=O)N1CCC(Nc2cncc(C(=O)NCc3ccccn3)c2)CC1. The molecule has 8 heteroatoms. The van der Waals surface area contributed by atoms with Crippen molar-refractivity contribution in [2.24, 2.45) is 0 Å². The molecular formula is C20H25N5O3. The lowest BCUT2D eigenvalue weighted by Gasteiger charge is -2.32. The van der Waals surface area contributed by atoms with Gasteiger partial charge in [0.25, 0.3) is 5.91 Å². The number of nitrogens with zero attached hydrogens (tertiary/aromatic N) is 3. The normalized spacial score (nSPS) is 14.4. The number of hydrogen-bond acceptors (Lipinski definition) is 6. The maximum Gasteiger partial charge on any atom is 0.409 e. The average Bonchev–Trinajstić information content (AvgIpc) is 2.73. The maximum absolute atomic E-state index is 12.4. The number of carbonyl (C=O) groups is 2. The summed E-state index contributed by atoms with van der Waals surface area (Å²) in [5.74, 6) is -0.195. The molecule has 0 aliphatic carbocycles. The molecule has 0 unspecified atom stereocenters. The molecule has 1 fully saturated rings. The molecule has 0 aromatic carbocycles. The highest BCUT2D eigenvalue weighted by Gasteiger charge is 2.23. The van der Waals surface area contributed by atoms with Crippen molar-refractivity contribution in [3.8, 4) is 0 Å². The quantitative estimate of drug-likeness (QED) is 0.795. The van der Waals surface area contributed by atoms with Gasteiger partial charge in [-0.1, -0.05) is 6.07 Å². The molecule has 3 heterocycles. The van der Waals surface area contributed by atoms with E-state index in [0.717, 1.165) is 24.2 Å². The van der Waals surface area contributed by atoms with Crippen molar-refractivity contribution in [1.29, 1.82) is 0 Å². The van der Waals surface area contributed by atoms with Crippen LogP contribution in [0.4, 0.5) is 10.5 Å². The Morgan fingerprint density at radius 3 is 2.79 bits per heavy atom. The molecule has 3 rings (SSSR count). The number of rotatable bonds is 6. The number of carbonyl (C=O) groups excluding carboxylic acids is 2. The Morgan fingerprint density at radius 1 is 1.25 bits per heavy atom. The molecule has 2 N–H and O–H groups in total. The molecule has 2 amide bonds. The summed E-state index contributed by atoms with van der Waals surface area (Å²) in [4.78, 5) is 34.2. The second-order valence-electron chi connectivity index (χ2n) is 6.57. The van der Waals surface area contributed by atoms with E-state index in [2.05, 4.69) is 20.6 Å². The second kappa shape index (κ2) is 9.68. The number of piperidine rings is 1. The summed E-state index contributed by atoms with van der Waals surface area (Å²) in [6.45, 7) is 3.85. The molecule has 1 saturated heterocycles. The van der Waals surface area contributed by atoms with Gasteiger partial charge < -0.3 is 20.3 Å². The number of ether oxygens (including phenoxy) is 1. The summed E-state index contributed by atoms with van der Waals surface area (Å²) in [7, 11) is 0. The van der Waals surface area contributed by atoms with E-state index in [1.165, 1.54) is 0 Å². The van der Waals surface area contributed by atoms with E-state index < -0.39 is 0 Å². The molecule has 0 radical (unpaired) electrons. The third-order valence-corrected chi connectivity index (χ3v) is 4.55. The molecule has 1 aliphatic heterocycles. The zero-order valence-electron chi connectivity index (χ0n) is 15.9. The number of hydrogen-bond donors (Lipinski definition) is 2. The Bertz CT molecular complexity index is 791. The first-order valence-electron chi connectivity index (χ1n) is 9.47. The van der Waals surface area contributed by atoms with E-state index in [4.69, 9.17) is 4.74 Å². The number of pyridine rings is 2. The van der Waals surface area contributed by atoms with Crippen LogP contribution in [0.25, 0.3) is 0 Å². The van der Waals surface area contributed by atoms with Crippen molar-refractivity contribution >= 4 is 17.7 Å². The van der Waals surface area contributed by atoms with Crippen LogP contribution in [0.3, 0.4) is 0 Å². The Balaban J connectivity index is 1.51. The predicted octanol–water partition coefficient (Wildman–Crippen LogP) is 2.44. The zero-order valence-corrected chi connectivity index (χ0v) is 15.9. The van der Waals surface area contributed by atoms with E-state index >= 15 is 0 Å². The first-order valence-corrected chi connectivity index (χ1v) is 9.47. The highest BCUT2D eigenvalue weighted by Crippen LogP contribution is 2.17. The van der Waals surface area contributed by atoms with Crippen LogP contribution in [-0.4, -0.2) is 52.6 Å². The van der Waals surface area contributed by atoms with Gasteiger partial charge in [-0.15, -0.1) is 0 Å². The minimum Gasteiger partial charge on any atom is -0.450 e. The summed E-state index contributed by atoms with van der Waals surface area (Å²) in [6.07, 6.45) is 6.31. The third kappa shape index (κ3) is 5.42. The number of nitrogens with one attached hydrogen (secondary N) is 2. The van der Waals surface area contributed by atoms with Crippen LogP contribution < -0.4 is 10.6 Å². The zero-order chi connectivity index (χ0) is 19.8. The minimum atomic E-state index is -0.255. The van der Waals surface area contributed by atoms with E-state index in [9.17, 15) is 9.59 Å². The number of anilines is 1. The van der Waals surface area contributed by atoms with Gasteiger partial charge in [0.1, 0.15) is 0 Å². The lowest BCUT2D eigenvalue weighted by atomic mass is 10.1. The molecule has 0 atom stereocenters. The Labute approximate surface area is 164 Å². The van der Waals surface area contributed by atoms with Crippen molar-refractivity contribution < 1.29 is 14.3 Å². The van der Waals surface area contributed by atoms with Crippen molar-refractivity contribution in [2.45, 2.75) is 32.4 Å². The van der Waals surface area contributed by atoms with Crippen LogP contribution >= 0.6 is 0 Å². The van der Waals surface area contributed by atoms with Crippen LogP contribution in [0.1, 0.15) is 35.8 Å². The van der Waals surface area contributed by atoms with Gasteiger partial charge in [-0.05, 0) is 38.0 Å². The van der Waals surface area contributed by atoms with Crippen LogP contribution in [0.2, 0.25) is 0 Å². The highest BCUT2D eigenvalue weighted by molar-refractivity contribution is 5.94. The Hall–Kier alpha value is -3.16. The van der Waals surface area contributed by atoms with E-state index in [0.29, 0.717) is 31.8 Å². The smallest absolute Gasteiger partial charge is 0.409 e. The molecule has 2 aromatic rings. The van der Waals surface area contributed by atoms with E-state index in [-0.39, 0.29) is 18.0 Å². The fraction of sp³-hybridized carbons (Fsp3) is 0.400. The van der Waals surface area contributed by atoms with Gasteiger partial charge in [-0.3, -0.25) is 14.8 Å². The van der Waals surface area contributed by atoms with Gasteiger partial charge in [0.05, 0.1) is 30.1 Å². The van der Waals surface area contributed by atoms with Crippen LogP contribution in [0.5, 0.6) is 0 Å². The van der Waals surface area contributed by atoms with Gasteiger partial charge in [0.2, 0.25) is 0 Å². The van der Waals surface area contributed by atoms with Crippen molar-refractivity contribution in [2.75, 3.05) is 25.0 Å². The maximum atomic E-state index is 12.4. The van der Waals surface area contributed by atoms with Crippen LogP contribution in [0, 0.1) is 0 Å². The summed E-state index contributed by atoms with van der Waals surface area (Å²) in [6, 6.07) is 7.59. The topological polar surface area (TPSA) is 96.5 Å². The van der Waals surface area contributed by atoms with Crippen molar-refractivity contribution in [3.05, 3.63) is 54.1 Å². The molecule has 28 heavy (non-hydrogen) atoms. The monoisotopic (exact) mass is 383 g/mol. The van der Waals surface area contributed by atoms with Crippen molar-refractivity contribution in [1.82, 2.24) is 20.2 Å². The molecule has 148 valence electrons. The van der Waals surface area contributed by atoms with Crippen LogP contribution in [-0.2, 0) is 11.3 Å². The average molecular weight is 383 g/mol. The minimum absolute atomic E-state index is 0.195. The number of aromatic nitrogens is 2. The van der Waals surface area contributed by atoms with E-state index in [1.54, 1.807) is 36.5 Å². The fourth-order valence-corrected chi connectivity index (χ4v) is 3.08. The molecule has 0 spiro atoms. The fourth-order valence-electron chi connectivity index (χ4n) is 3.08. The summed E-state index contributed by atoms with van der Waals surface area (Å²) >= 11 is 0. The summed E-state index contributed by atoms with van der Waals surface area (Å²) < 4.78 is 5.04. The predicted molar refractivity (Wildman–Crippen MR) is 105 cm³/mol. The highest BCUT2D eigenvalue weighted by atomic mass is 16.6. The molecule has 1 aliphatic rings. The lowest BCUT2D eigenvalue weighted by molar-refractivity contribution is 0.0947. The number of amides is 2. The number of likely N-dealkylation sites (tertiary alicyclic amines) is 1. The first-order chi connectivity index (χ1) is 13.7. The first kappa shape index (κ1) is 19.6. The molecule has 0 saturated carbocycles. The molecule has 2 aromatic heterocycles. The van der Waals surface area contributed by atoms with Gasteiger partial charge in [-0.25, -0.2) is 4.79 Å². The molecular weight excluding hydrogens is 358 g/mol. The van der Waals surface area contributed by atoms with Gasteiger partial charge in [0, 0.05) is 37.7 Å². The Morgan fingerprint density at radius 2 is 2.07 bits per heavy atom. The summed E-state index contributed by atoms with van der Waals surface area (Å²) in [5.41, 5.74) is 2.08. The lowest BCUT2D eigenvalue weighted by Crippen LogP contribution is -2.42. The molecule has 0 bridgehead atoms. The molecule has 8 nitrogen and oxygen atoms in total. The van der Waals surface area contributed by atoms with Gasteiger partial charge in [0.15, 0.2) is 0 Å². The third-order valence-electron chi connectivity index (χ3n) is 4.55.